The predicted octanol–water partition coefficient (Wildman–Crippen LogP) is 4.71. The average molecular weight is 406 g/mol. The quantitative estimate of drug-likeness (QED) is 0.574. The number of aryl methyl sites for hydroxylation is 1. The van der Waals surface area contributed by atoms with Crippen LogP contribution in [0.15, 0.2) is 34.0 Å². The fraction of sp³-hybridized carbons (Fsp3) is 0.294. The molecule has 136 valence electrons. The third-order valence-electron chi connectivity index (χ3n) is 3.49. The molecule has 3 rings (SSSR count). The van der Waals surface area contributed by atoms with Crippen molar-refractivity contribution >= 4 is 56.3 Å². The van der Waals surface area contributed by atoms with E-state index >= 15 is 0 Å². The van der Waals surface area contributed by atoms with E-state index in [1.807, 2.05) is 24.4 Å². The average Bonchev–Trinajstić information content (AvgIpc) is 3.23. The second kappa shape index (κ2) is 8.61. The topological polar surface area (TPSA) is 71.0 Å². The zero-order chi connectivity index (χ0) is 18.5. The molecule has 0 saturated carbocycles. The Morgan fingerprint density at radius 2 is 2.19 bits per heavy atom. The molecule has 9 heteroatoms. The molecule has 0 aliphatic rings. The second-order valence-corrected chi connectivity index (χ2v) is 8.58. The molecule has 6 nitrogen and oxygen atoms in total. The van der Waals surface area contributed by atoms with Crippen molar-refractivity contribution in [2.45, 2.75) is 30.9 Å². The molecule has 1 amide bonds. The van der Waals surface area contributed by atoms with Crippen LogP contribution in [0.2, 0.25) is 0 Å². The molecule has 0 spiro atoms. The molecule has 2 heterocycles. The number of amides is 1. The Morgan fingerprint density at radius 1 is 1.35 bits per heavy atom. The van der Waals surface area contributed by atoms with Crippen LogP contribution in [0.4, 0.5) is 16.0 Å². The van der Waals surface area contributed by atoms with Gasteiger partial charge in [-0.05, 0) is 31.5 Å². The van der Waals surface area contributed by atoms with Crippen molar-refractivity contribution in [3.8, 4) is 0 Å². The van der Waals surface area contributed by atoms with E-state index in [9.17, 15) is 4.79 Å². The van der Waals surface area contributed by atoms with E-state index in [0.29, 0.717) is 12.3 Å². The Labute approximate surface area is 164 Å². The first-order valence-corrected chi connectivity index (χ1v) is 10.8. The SMILES string of the molecule is CCN(C(C)=O)c1nc(CSc2nnc(Nc3cccc(C)c3)s2)cs1. The van der Waals surface area contributed by atoms with Crippen molar-refractivity contribution in [2.75, 3.05) is 16.8 Å². The lowest BCUT2D eigenvalue weighted by Crippen LogP contribution is -2.27. The van der Waals surface area contributed by atoms with Crippen molar-refractivity contribution in [1.29, 1.82) is 0 Å². The first-order valence-electron chi connectivity index (χ1n) is 8.07. The van der Waals surface area contributed by atoms with Gasteiger partial charge in [-0.1, -0.05) is 35.2 Å². The Hall–Kier alpha value is -1.97. The third kappa shape index (κ3) is 4.80. The number of thioether (sulfide) groups is 1. The van der Waals surface area contributed by atoms with Gasteiger partial charge in [0.1, 0.15) is 0 Å². The Bertz CT molecular complexity index is 892. The van der Waals surface area contributed by atoms with Crippen LogP contribution in [-0.4, -0.2) is 27.6 Å². The van der Waals surface area contributed by atoms with E-state index in [1.165, 1.54) is 28.2 Å². The number of thiazole rings is 1. The summed E-state index contributed by atoms with van der Waals surface area (Å²) in [5.74, 6) is 0.711. The van der Waals surface area contributed by atoms with E-state index < -0.39 is 0 Å². The van der Waals surface area contributed by atoms with Crippen LogP contribution in [0, 0.1) is 6.92 Å². The first kappa shape index (κ1) is 18.8. The molecule has 1 N–H and O–H groups in total. The van der Waals surface area contributed by atoms with Gasteiger partial charge in [0.05, 0.1) is 5.69 Å². The van der Waals surface area contributed by atoms with Gasteiger partial charge < -0.3 is 5.32 Å². The molecule has 0 saturated heterocycles. The van der Waals surface area contributed by atoms with Gasteiger partial charge in [0.25, 0.3) is 0 Å². The number of nitrogens with one attached hydrogen (secondary N) is 1. The summed E-state index contributed by atoms with van der Waals surface area (Å²) in [6, 6.07) is 8.14. The van der Waals surface area contributed by atoms with Crippen molar-refractivity contribution in [2.24, 2.45) is 0 Å². The lowest BCUT2D eigenvalue weighted by Gasteiger charge is -2.14. The van der Waals surface area contributed by atoms with Crippen LogP contribution in [-0.2, 0) is 10.5 Å². The fourth-order valence-electron chi connectivity index (χ4n) is 2.28. The summed E-state index contributed by atoms with van der Waals surface area (Å²) in [6.45, 7) is 6.19. The Kier molecular flexibility index (Phi) is 6.23. The van der Waals surface area contributed by atoms with Gasteiger partial charge in [0, 0.05) is 30.3 Å². The van der Waals surface area contributed by atoms with Crippen LogP contribution in [0.1, 0.15) is 25.1 Å². The summed E-state index contributed by atoms with van der Waals surface area (Å²) in [5, 5.41) is 15.2. The van der Waals surface area contributed by atoms with Gasteiger partial charge in [-0.2, -0.15) is 0 Å². The van der Waals surface area contributed by atoms with Gasteiger partial charge in [-0.25, -0.2) is 4.98 Å². The van der Waals surface area contributed by atoms with Crippen LogP contribution >= 0.6 is 34.4 Å². The third-order valence-corrected chi connectivity index (χ3v) is 6.40. The fourth-order valence-corrected chi connectivity index (χ4v) is 4.98. The van der Waals surface area contributed by atoms with Gasteiger partial charge in [0.15, 0.2) is 9.47 Å². The first-order chi connectivity index (χ1) is 12.5. The molecule has 3 aromatic rings. The summed E-state index contributed by atoms with van der Waals surface area (Å²) in [5.41, 5.74) is 3.14. The van der Waals surface area contributed by atoms with Crippen LogP contribution in [0.5, 0.6) is 0 Å². The highest BCUT2D eigenvalue weighted by molar-refractivity contribution is 8.00. The molecule has 0 bridgehead atoms. The predicted molar refractivity (Wildman–Crippen MR) is 110 cm³/mol. The standard InChI is InChI=1S/C17H19N5OS3/c1-4-22(12(3)23)16-19-14(9-24-16)10-25-17-21-20-15(26-17)18-13-7-5-6-11(2)8-13/h5-9H,4,10H2,1-3H3,(H,18,20). The molecular weight excluding hydrogens is 386 g/mol. The van der Waals surface area contributed by atoms with E-state index in [4.69, 9.17) is 0 Å². The maximum absolute atomic E-state index is 11.6. The van der Waals surface area contributed by atoms with Crippen molar-refractivity contribution < 1.29 is 4.79 Å². The highest BCUT2D eigenvalue weighted by atomic mass is 32.2. The summed E-state index contributed by atoms with van der Waals surface area (Å²) >= 11 is 4.60. The van der Waals surface area contributed by atoms with E-state index in [-0.39, 0.29) is 5.91 Å². The molecule has 2 aromatic heterocycles. The van der Waals surface area contributed by atoms with E-state index in [0.717, 1.165) is 26.0 Å². The molecule has 0 atom stereocenters. The maximum atomic E-state index is 11.6. The van der Waals surface area contributed by atoms with Crippen molar-refractivity contribution in [3.05, 3.63) is 40.9 Å². The minimum absolute atomic E-state index is 0.0111. The van der Waals surface area contributed by atoms with Crippen molar-refractivity contribution in [1.82, 2.24) is 15.2 Å². The molecule has 0 aliphatic heterocycles. The van der Waals surface area contributed by atoms with Gasteiger partial charge >= 0.3 is 0 Å². The summed E-state index contributed by atoms with van der Waals surface area (Å²) in [7, 11) is 0. The Morgan fingerprint density at radius 3 is 2.92 bits per heavy atom. The second-order valence-electron chi connectivity index (χ2n) is 5.54. The number of hydrogen-bond acceptors (Lipinski definition) is 8. The number of aromatic nitrogens is 3. The molecular formula is C17H19N5OS3. The number of hydrogen-bond donors (Lipinski definition) is 1. The molecule has 0 fully saturated rings. The smallest absolute Gasteiger partial charge is 0.225 e. The summed E-state index contributed by atoms with van der Waals surface area (Å²) < 4.78 is 0.883. The molecule has 0 aliphatic carbocycles. The number of benzene rings is 1. The van der Waals surface area contributed by atoms with Gasteiger partial charge in [-0.15, -0.1) is 21.5 Å². The maximum Gasteiger partial charge on any atom is 0.225 e. The van der Waals surface area contributed by atoms with Crippen molar-refractivity contribution in [3.63, 3.8) is 0 Å². The highest BCUT2D eigenvalue weighted by Gasteiger charge is 2.14. The van der Waals surface area contributed by atoms with Crippen LogP contribution in [0.25, 0.3) is 0 Å². The summed E-state index contributed by atoms with van der Waals surface area (Å²) in [4.78, 5) is 17.8. The van der Waals surface area contributed by atoms with Gasteiger partial charge in [-0.3, -0.25) is 9.69 Å². The van der Waals surface area contributed by atoms with E-state index in [1.54, 1.807) is 23.6 Å². The monoisotopic (exact) mass is 405 g/mol. The molecule has 1 aromatic carbocycles. The largest absolute Gasteiger partial charge is 0.330 e. The van der Waals surface area contributed by atoms with E-state index in [2.05, 4.69) is 39.6 Å². The lowest BCUT2D eigenvalue weighted by atomic mass is 10.2. The highest BCUT2D eigenvalue weighted by Crippen LogP contribution is 2.31. The Balaban J connectivity index is 1.58. The van der Waals surface area contributed by atoms with Crippen LogP contribution < -0.4 is 10.2 Å². The minimum atomic E-state index is 0.0111. The molecule has 26 heavy (non-hydrogen) atoms. The van der Waals surface area contributed by atoms with Gasteiger partial charge in [0.2, 0.25) is 11.0 Å². The normalized spacial score (nSPS) is 10.7. The van der Waals surface area contributed by atoms with Crippen LogP contribution in [0.3, 0.4) is 0 Å². The molecule has 0 unspecified atom stereocenters. The zero-order valence-electron chi connectivity index (χ0n) is 14.7. The zero-order valence-corrected chi connectivity index (χ0v) is 17.2. The number of carbonyl (C=O) groups excluding carboxylic acids is 1. The minimum Gasteiger partial charge on any atom is -0.330 e. The molecule has 0 radical (unpaired) electrons. The lowest BCUT2D eigenvalue weighted by molar-refractivity contribution is -0.116. The number of anilines is 3. The number of nitrogens with zero attached hydrogens (tertiary/aromatic N) is 4. The number of rotatable bonds is 7. The summed E-state index contributed by atoms with van der Waals surface area (Å²) in [6.07, 6.45) is 0. The number of carbonyl (C=O) groups is 1.